The van der Waals surface area contributed by atoms with E-state index in [1.165, 1.54) is 45.3 Å². The Morgan fingerprint density at radius 3 is 2.89 bits per heavy atom. The molecule has 1 atom stereocenters. The van der Waals surface area contributed by atoms with E-state index in [1.807, 2.05) is 6.92 Å². The quantitative estimate of drug-likeness (QED) is 0.705. The summed E-state index contributed by atoms with van der Waals surface area (Å²) in [5.41, 5.74) is 0. The molecule has 0 aromatic heterocycles. The highest BCUT2D eigenvalue weighted by molar-refractivity contribution is 5.69. The molecule has 0 bridgehead atoms. The molecule has 0 aliphatic carbocycles. The van der Waals surface area contributed by atoms with Crippen LogP contribution in [0.3, 0.4) is 0 Å². The minimum absolute atomic E-state index is 0.0915. The van der Waals surface area contributed by atoms with E-state index >= 15 is 0 Å². The molecule has 4 nitrogen and oxygen atoms in total. The standard InChI is InChI=1S/C14H28N2O2/c1-3-10-16-11-5-6-13(8-12-16)15-9-7-14(17)18-4-2/h13,15H,3-12H2,1-2H3. The SMILES string of the molecule is CCCN1CCCC(NCCC(=O)OCC)CC1. The van der Waals surface area contributed by atoms with E-state index in [-0.39, 0.29) is 5.97 Å². The molecule has 0 aromatic carbocycles. The maximum Gasteiger partial charge on any atom is 0.307 e. The van der Waals surface area contributed by atoms with Gasteiger partial charge in [0, 0.05) is 12.6 Å². The third-order valence-electron chi connectivity index (χ3n) is 3.43. The van der Waals surface area contributed by atoms with E-state index in [4.69, 9.17) is 4.74 Å². The predicted octanol–water partition coefficient (Wildman–Crippen LogP) is 1.79. The zero-order valence-electron chi connectivity index (χ0n) is 11.9. The smallest absolute Gasteiger partial charge is 0.307 e. The lowest BCUT2D eigenvalue weighted by Gasteiger charge is -2.19. The number of hydrogen-bond donors (Lipinski definition) is 1. The Hall–Kier alpha value is -0.610. The summed E-state index contributed by atoms with van der Waals surface area (Å²) < 4.78 is 4.92. The van der Waals surface area contributed by atoms with Gasteiger partial charge in [-0.1, -0.05) is 6.92 Å². The van der Waals surface area contributed by atoms with Crippen LogP contribution in [0.4, 0.5) is 0 Å². The van der Waals surface area contributed by atoms with Crippen molar-refractivity contribution in [1.82, 2.24) is 10.2 Å². The third-order valence-corrected chi connectivity index (χ3v) is 3.43. The van der Waals surface area contributed by atoms with Crippen molar-refractivity contribution in [2.24, 2.45) is 0 Å². The highest BCUT2D eigenvalue weighted by Crippen LogP contribution is 2.11. The fourth-order valence-electron chi connectivity index (χ4n) is 2.51. The summed E-state index contributed by atoms with van der Waals surface area (Å²) in [6, 6.07) is 0.571. The second-order valence-corrected chi connectivity index (χ2v) is 4.98. The molecule has 4 heteroatoms. The van der Waals surface area contributed by atoms with Gasteiger partial charge in [0.2, 0.25) is 0 Å². The molecule has 1 rings (SSSR count). The first-order valence-corrected chi connectivity index (χ1v) is 7.37. The van der Waals surface area contributed by atoms with Gasteiger partial charge < -0.3 is 15.0 Å². The van der Waals surface area contributed by atoms with Crippen LogP contribution in [0.25, 0.3) is 0 Å². The lowest BCUT2D eigenvalue weighted by Crippen LogP contribution is -2.32. The first-order valence-electron chi connectivity index (χ1n) is 7.37. The second-order valence-electron chi connectivity index (χ2n) is 4.98. The van der Waals surface area contributed by atoms with Crippen molar-refractivity contribution < 1.29 is 9.53 Å². The molecule has 0 radical (unpaired) electrons. The van der Waals surface area contributed by atoms with E-state index in [1.54, 1.807) is 0 Å². The van der Waals surface area contributed by atoms with Crippen molar-refractivity contribution in [3.05, 3.63) is 0 Å². The van der Waals surface area contributed by atoms with Gasteiger partial charge in [0.15, 0.2) is 0 Å². The maximum atomic E-state index is 11.2. The van der Waals surface area contributed by atoms with Crippen LogP contribution < -0.4 is 5.32 Å². The molecule has 18 heavy (non-hydrogen) atoms. The third kappa shape index (κ3) is 6.36. The minimum Gasteiger partial charge on any atom is -0.466 e. The molecular weight excluding hydrogens is 228 g/mol. The van der Waals surface area contributed by atoms with Crippen LogP contribution in [0.1, 0.15) is 46.0 Å². The summed E-state index contributed by atoms with van der Waals surface area (Å²) in [6.45, 7) is 8.94. The fraction of sp³-hybridized carbons (Fsp3) is 0.929. The van der Waals surface area contributed by atoms with Crippen LogP contribution in [-0.2, 0) is 9.53 Å². The first kappa shape index (κ1) is 15.4. The average Bonchev–Trinajstić information content (AvgIpc) is 2.56. The van der Waals surface area contributed by atoms with Gasteiger partial charge in [-0.15, -0.1) is 0 Å². The van der Waals surface area contributed by atoms with Crippen LogP contribution in [0, 0.1) is 0 Å². The number of rotatable bonds is 7. The van der Waals surface area contributed by atoms with Crippen molar-refractivity contribution in [3.8, 4) is 0 Å². The Labute approximate surface area is 111 Å². The summed E-state index contributed by atoms with van der Waals surface area (Å²) in [5, 5.41) is 3.49. The lowest BCUT2D eigenvalue weighted by molar-refractivity contribution is -0.143. The van der Waals surface area contributed by atoms with Crippen LogP contribution in [0.2, 0.25) is 0 Å². The Balaban J connectivity index is 2.13. The van der Waals surface area contributed by atoms with Gasteiger partial charge in [-0.05, 0) is 52.2 Å². The van der Waals surface area contributed by atoms with Gasteiger partial charge in [-0.3, -0.25) is 4.79 Å². The van der Waals surface area contributed by atoms with E-state index in [0.717, 1.165) is 6.54 Å². The summed E-state index contributed by atoms with van der Waals surface area (Å²) in [5.74, 6) is -0.0915. The van der Waals surface area contributed by atoms with Crippen LogP contribution in [0.5, 0.6) is 0 Å². The molecule has 1 N–H and O–H groups in total. The summed E-state index contributed by atoms with van der Waals surface area (Å²) in [7, 11) is 0. The molecule has 106 valence electrons. The molecule has 1 heterocycles. The maximum absolute atomic E-state index is 11.2. The molecule has 1 saturated heterocycles. The number of hydrogen-bond acceptors (Lipinski definition) is 4. The van der Waals surface area contributed by atoms with Crippen molar-refractivity contribution in [3.63, 3.8) is 0 Å². The van der Waals surface area contributed by atoms with Gasteiger partial charge in [0.25, 0.3) is 0 Å². The summed E-state index contributed by atoms with van der Waals surface area (Å²) in [4.78, 5) is 13.8. The Bertz CT molecular complexity index is 234. The molecular formula is C14H28N2O2. The number of nitrogens with one attached hydrogen (secondary N) is 1. The molecule has 0 spiro atoms. The van der Waals surface area contributed by atoms with Gasteiger partial charge >= 0.3 is 5.97 Å². The van der Waals surface area contributed by atoms with Crippen LogP contribution >= 0.6 is 0 Å². The molecule has 1 fully saturated rings. The second kappa shape index (κ2) is 9.34. The molecule has 0 amide bonds. The van der Waals surface area contributed by atoms with Gasteiger partial charge in [0.05, 0.1) is 13.0 Å². The number of carbonyl (C=O) groups excluding carboxylic acids is 1. The van der Waals surface area contributed by atoms with Crippen LogP contribution in [-0.4, -0.2) is 49.7 Å². The lowest BCUT2D eigenvalue weighted by atomic mass is 10.1. The van der Waals surface area contributed by atoms with Crippen molar-refractivity contribution in [1.29, 1.82) is 0 Å². The first-order chi connectivity index (χ1) is 8.76. The summed E-state index contributed by atoms with van der Waals surface area (Å²) in [6.07, 6.45) is 5.41. The number of carbonyl (C=O) groups is 1. The van der Waals surface area contributed by atoms with E-state index in [0.29, 0.717) is 19.1 Å². The molecule has 1 aliphatic heterocycles. The monoisotopic (exact) mass is 256 g/mol. The highest BCUT2D eigenvalue weighted by atomic mass is 16.5. The topological polar surface area (TPSA) is 41.6 Å². The molecule has 1 aliphatic rings. The highest BCUT2D eigenvalue weighted by Gasteiger charge is 2.16. The normalized spacial score (nSPS) is 21.6. The Morgan fingerprint density at radius 1 is 1.33 bits per heavy atom. The number of nitrogens with zero attached hydrogens (tertiary/aromatic N) is 1. The largest absolute Gasteiger partial charge is 0.466 e. The van der Waals surface area contributed by atoms with Crippen molar-refractivity contribution >= 4 is 5.97 Å². The predicted molar refractivity (Wildman–Crippen MR) is 73.6 cm³/mol. The average molecular weight is 256 g/mol. The van der Waals surface area contributed by atoms with E-state index in [9.17, 15) is 4.79 Å². The van der Waals surface area contributed by atoms with Gasteiger partial charge in [0.1, 0.15) is 0 Å². The molecule has 0 saturated carbocycles. The van der Waals surface area contributed by atoms with E-state index < -0.39 is 0 Å². The number of ether oxygens (including phenoxy) is 1. The number of esters is 1. The van der Waals surface area contributed by atoms with E-state index in [2.05, 4.69) is 17.1 Å². The fourth-order valence-corrected chi connectivity index (χ4v) is 2.51. The Morgan fingerprint density at radius 2 is 2.17 bits per heavy atom. The zero-order chi connectivity index (χ0) is 13.2. The molecule has 0 aromatic rings. The number of likely N-dealkylation sites (tertiary alicyclic amines) is 1. The van der Waals surface area contributed by atoms with Crippen LogP contribution in [0.15, 0.2) is 0 Å². The van der Waals surface area contributed by atoms with Crippen molar-refractivity contribution in [2.45, 2.75) is 52.0 Å². The van der Waals surface area contributed by atoms with Gasteiger partial charge in [-0.25, -0.2) is 0 Å². The van der Waals surface area contributed by atoms with Crippen molar-refractivity contribution in [2.75, 3.05) is 32.8 Å². The Kier molecular flexibility index (Phi) is 8.01. The summed E-state index contributed by atoms with van der Waals surface area (Å²) >= 11 is 0. The molecule has 1 unspecified atom stereocenters. The van der Waals surface area contributed by atoms with Gasteiger partial charge in [-0.2, -0.15) is 0 Å². The zero-order valence-corrected chi connectivity index (χ0v) is 11.9. The minimum atomic E-state index is -0.0915.